The fourth-order valence-corrected chi connectivity index (χ4v) is 2.09. The third-order valence-electron chi connectivity index (χ3n) is 3.29. The number of hydrogen-bond acceptors (Lipinski definition) is 7. The van der Waals surface area contributed by atoms with Crippen molar-refractivity contribution >= 4 is 34.8 Å². The Morgan fingerprint density at radius 1 is 1.11 bits per heavy atom. The van der Waals surface area contributed by atoms with Gasteiger partial charge in [0.2, 0.25) is 0 Å². The molecule has 0 heterocycles. The maximum atomic E-state index is 12.0. The van der Waals surface area contributed by atoms with E-state index in [-0.39, 0.29) is 16.5 Å². The number of nitrogens with zero attached hydrogens (tertiary/aromatic N) is 1. The molecular weight excluding hydrogens is 388 g/mol. The van der Waals surface area contributed by atoms with Gasteiger partial charge in [-0.2, -0.15) is 0 Å². The minimum Gasteiger partial charge on any atom is -0.497 e. The average molecular weight is 404 g/mol. The molecule has 0 unspecified atom stereocenters. The Hall–Kier alpha value is -3.73. The van der Waals surface area contributed by atoms with E-state index in [1.165, 1.54) is 31.4 Å². The quantitative estimate of drug-likeness (QED) is 0.373. The lowest BCUT2D eigenvalue weighted by atomic mass is 10.2. The lowest BCUT2D eigenvalue weighted by molar-refractivity contribution is -0.384. The van der Waals surface area contributed by atoms with E-state index >= 15 is 0 Å². The summed E-state index contributed by atoms with van der Waals surface area (Å²) in [4.78, 5) is 33.9. The first kappa shape index (κ1) is 20.6. The van der Waals surface area contributed by atoms with E-state index in [0.717, 1.165) is 0 Å². The van der Waals surface area contributed by atoms with Crippen LogP contribution in [0.3, 0.4) is 0 Å². The lowest BCUT2D eigenvalue weighted by Gasteiger charge is -2.11. The molecule has 11 heteroatoms. The van der Waals surface area contributed by atoms with Crippen molar-refractivity contribution in [3.63, 3.8) is 0 Å². The highest BCUT2D eigenvalue weighted by molar-refractivity contribution is 7.80. The van der Waals surface area contributed by atoms with Crippen LogP contribution in [0.25, 0.3) is 0 Å². The summed E-state index contributed by atoms with van der Waals surface area (Å²) in [5.74, 6) is -0.303. The SMILES string of the molecule is COc1ccc(C(=O)NC(=S)NNC(=O)COc2cccc([N+](=O)[O-])c2)cc1. The molecule has 2 rings (SSSR count). The number of non-ortho nitro benzene ring substituents is 1. The van der Waals surface area contributed by atoms with E-state index in [9.17, 15) is 19.7 Å². The second-order valence-corrected chi connectivity index (χ2v) is 5.64. The van der Waals surface area contributed by atoms with Gasteiger partial charge >= 0.3 is 0 Å². The number of methoxy groups -OCH3 is 1. The second-order valence-electron chi connectivity index (χ2n) is 5.23. The molecule has 0 aliphatic rings. The minimum absolute atomic E-state index is 0.121. The highest BCUT2D eigenvalue weighted by Crippen LogP contribution is 2.18. The van der Waals surface area contributed by atoms with Gasteiger partial charge in [0.25, 0.3) is 17.5 Å². The zero-order valence-corrected chi connectivity index (χ0v) is 15.4. The average Bonchev–Trinajstić information content (AvgIpc) is 2.71. The first-order valence-electron chi connectivity index (χ1n) is 7.80. The van der Waals surface area contributed by atoms with Gasteiger partial charge in [-0.1, -0.05) is 6.07 Å². The molecular formula is C17H16N4O6S. The van der Waals surface area contributed by atoms with Gasteiger partial charge in [-0.25, -0.2) is 0 Å². The van der Waals surface area contributed by atoms with Crippen molar-refractivity contribution in [2.24, 2.45) is 0 Å². The number of amides is 2. The molecule has 0 spiro atoms. The minimum atomic E-state index is -0.604. The van der Waals surface area contributed by atoms with Crippen LogP contribution in [0.4, 0.5) is 5.69 Å². The molecule has 0 aromatic heterocycles. The monoisotopic (exact) mass is 404 g/mol. The van der Waals surface area contributed by atoms with Crippen LogP contribution in [0.2, 0.25) is 0 Å². The summed E-state index contributed by atoms with van der Waals surface area (Å²) >= 11 is 4.92. The standard InChI is InChI=1S/C17H16N4O6S/c1-26-13-7-5-11(6-8-13)16(23)18-17(28)20-19-15(22)10-27-14-4-2-3-12(9-14)21(24)25/h2-9H,10H2,1H3,(H,19,22)(H2,18,20,23,28). The van der Waals surface area contributed by atoms with Crippen LogP contribution >= 0.6 is 12.2 Å². The lowest BCUT2D eigenvalue weighted by Crippen LogP contribution is -2.49. The Bertz CT molecular complexity index is 887. The number of nitro benzene ring substituents is 1. The third kappa shape index (κ3) is 6.21. The van der Waals surface area contributed by atoms with Crippen molar-refractivity contribution in [2.75, 3.05) is 13.7 Å². The third-order valence-corrected chi connectivity index (χ3v) is 3.50. The Morgan fingerprint density at radius 3 is 2.46 bits per heavy atom. The molecule has 0 saturated carbocycles. The van der Waals surface area contributed by atoms with Crippen LogP contribution in [0, 0.1) is 10.1 Å². The molecule has 0 aliphatic heterocycles. The Morgan fingerprint density at radius 2 is 1.82 bits per heavy atom. The highest BCUT2D eigenvalue weighted by Gasteiger charge is 2.10. The summed E-state index contributed by atoms with van der Waals surface area (Å²) in [5.41, 5.74) is 4.80. The summed E-state index contributed by atoms with van der Waals surface area (Å²) in [6, 6.07) is 11.8. The molecule has 2 aromatic rings. The van der Waals surface area contributed by atoms with Crippen molar-refractivity contribution in [2.45, 2.75) is 0 Å². The van der Waals surface area contributed by atoms with Gasteiger partial charge in [0.15, 0.2) is 11.7 Å². The van der Waals surface area contributed by atoms with E-state index < -0.39 is 23.3 Å². The highest BCUT2D eigenvalue weighted by atomic mass is 32.1. The maximum Gasteiger partial charge on any atom is 0.276 e. The van der Waals surface area contributed by atoms with Crippen LogP contribution in [0.1, 0.15) is 10.4 Å². The smallest absolute Gasteiger partial charge is 0.276 e. The number of nitro groups is 1. The van der Waals surface area contributed by atoms with Gasteiger partial charge in [-0.15, -0.1) is 0 Å². The summed E-state index contributed by atoms with van der Waals surface area (Å²) in [6.07, 6.45) is 0. The Balaban J connectivity index is 1.75. The number of carbonyl (C=O) groups excluding carboxylic acids is 2. The Kier molecular flexibility index (Phi) is 7.22. The van der Waals surface area contributed by atoms with E-state index in [1.807, 2.05) is 0 Å². The normalized spacial score (nSPS) is 9.75. The summed E-state index contributed by atoms with van der Waals surface area (Å²) in [7, 11) is 1.51. The Labute approximate surface area is 164 Å². The van der Waals surface area contributed by atoms with E-state index in [1.54, 1.807) is 24.3 Å². The summed E-state index contributed by atoms with van der Waals surface area (Å²) < 4.78 is 10.2. The first-order chi connectivity index (χ1) is 13.4. The van der Waals surface area contributed by atoms with Crippen LogP contribution in [0.15, 0.2) is 48.5 Å². The van der Waals surface area contributed by atoms with Gasteiger partial charge < -0.3 is 9.47 Å². The molecule has 0 saturated heterocycles. The number of nitrogens with one attached hydrogen (secondary N) is 3. The van der Waals surface area contributed by atoms with Crippen LogP contribution in [0.5, 0.6) is 11.5 Å². The molecule has 10 nitrogen and oxygen atoms in total. The van der Waals surface area contributed by atoms with Gasteiger partial charge in [-0.3, -0.25) is 35.9 Å². The molecule has 0 bridgehead atoms. The zero-order chi connectivity index (χ0) is 20.5. The molecule has 2 amide bonds. The fraction of sp³-hybridized carbons (Fsp3) is 0.118. The second kappa shape index (κ2) is 9.83. The fourth-order valence-electron chi connectivity index (χ4n) is 1.95. The molecule has 2 aromatic carbocycles. The van der Waals surface area contributed by atoms with Crippen LogP contribution < -0.4 is 25.6 Å². The number of ether oxygens (including phenoxy) is 2. The van der Waals surface area contributed by atoms with Crippen molar-refractivity contribution in [3.8, 4) is 11.5 Å². The van der Waals surface area contributed by atoms with Crippen LogP contribution in [-0.4, -0.2) is 35.6 Å². The predicted octanol–water partition coefficient (Wildman–Crippen LogP) is 1.32. The molecule has 0 fully saturated rings. The number of rotatable bonds is 6. The number of hydrazine groups is 1. The van der Waals surface area contributed by atoms with E-state index in [0.29, 0.717) is 11.3 Å². The topological polar surface area (TPSA) is 132 Å². The van der Waals surface area contributed by atoms with Gasteiger partial charge in [0.05, 0.1) is 18.1 Å². The largest absolute Gasteiger partial charge is 0.497 e. The molecule has 146 valence electrons. The molecule has 0 atom stereocenters. The number of benzene rings is 2. The molecule has 0 radical (unpaired) electrons. The summed E-state index contributed by atoms with van der Waals surface area (Å²) in [6.45, 7) is -0.413. The van der Waals surface area contributed by atoms with E-state index in [2.05, 4.69) is 16.2 Å². The molecule has 3 N–H and O–H groups in total. The van der Waals surface area contributed by atoms with Gasteiger partial charge in [-0.05, 0) is 42.5 Å². The van der Waals surface area contributed by atoms with Gasteiger partial charge in [0, 0.05) is 11.6 Å². The number of carbonyl (C=O) groups is 2. The van der Waals surface area contributed by atoms with Crippen molar-refractivity contribution in [1.82, 2.24) is 16.2 Å². The molecule has 0 aliphatic carbocycles. The molecule has 28 heavy (non-hydrogen) atoms. The van der Waals surface area contributed by atoms with Crippen molar-refractivity contribution < 1.29 is 24.0 Å². The van der Waals surface area contributed by atoms with Crippen molar-refractivity contribution in [3.05, 3.63) is 64.2 Å². The number of hydrogen-bond donors (Lipinski definition) is 3. The zero-order valence-electron chi connectivity index (χ0n) is 14.6. The summed E-state index contributed by atoms with van der Waals surface area (Å²) in [5, 5.41) is 13.0. The number of thiocarbonyl (C=S) groups is 1. The van der Waals surface area contributed by atoms with Crippen molar-refractivity contribution in [1.29, 1.82) is 0 Å². The van der Waals surface area contributed by atoms with Gasteiger partial charge in [0.1, 0.15) is 11.5 Å². The first-order valence-corrected chi connectivity index (χ1v) is 8.21. The van der Waals surface area contributed by atoms with E-state index in [4.69, 9.17) is 21.7 Å². The predicted molar refractivity (Wildman–Crippen MR) is 103 cm³/mol. The maximum absolute atomic E-state index is 12.0. The van der Waals surface area contributed by atoms with Crippen LogP contribution in [-0.2, 0) is 4.79 Å².